The summed E-state index contributed by atoms with van der Waals surface area (Å²) in [6.07, 6.45) is 2.09. The van der Waals surface area contributed by atoms with Gasteiger partial charge in [0.15, 0.2) is 0 Å². The maximum Gasteiger partial charge on any atom is 0.220 e. The fourth-order valence-corrected chi connectivity index (χ4v) is 3.22. The highest BCUT2D eigenvalue weighted by molar-refractivity contribution is 6.31. The zero-order chi connectivity index (χ0) is 15.9. The number of benzene rings is 1. The van der Waals surface area contributed by atoms with Gasteiger partial charge >= 0.3 is 0 Å². The van der Waals surface area contributed by atoms with Crippen LogP contribution in [0.2, 0.25) is 5.02 Å². The predicted molar refractivity (Wildman–Crippen MR) is 96.0 cm³/mol. The molecule has 0 aliphatic carbocycles. The van der Waals surface area contributed by atoms with Gasteiger partial charge in [0.1, 0.15) is 0 Å². The molecule has 130 valence electrons. The van der Waals surface area contributed by atoms with Crippen molar-refractivity contribution in [2.45, 2.75) is 32.3 Å². The van der Waals surface area contributed by atoms with Gasteiger partial charge in [-0.3, -0.25) is 4.79 Å². The highest BCUT2D eigenvalue weighted by Crippen LogP contribution is 2.23. The number of piperidine rings is 1. The molecule has 1 heterocycles. The standard InChI is InChI=1S/C17H25ClN2O2.ClH/c1-12(13-5-4-8-19-10-13)9-17(22)20-11-16(21)14-6-2-3-7-15(14)18;/h2-3,6-7,12-13,16,19,21H,4-5,8-11H2,1H3,(H,20,22);1H. The van der Waals surface area contributed by atoms with Crippen LogP contribution in [0.15, 0.2) is 24.3 Å². The monoisotopic (exact) mass is 360 g/mol. The van der Waals surface area contributed by atoms with E-state index in [1.54, 1.807) is 12.1 Å². The Bertz CT molecular complexity index is 493. The quantitative estimate of drug-likeness (QED) is 0.730. The average molecular weight is 361 g/mol. The van der Waals surface area contributed by atoms with E-state index in [9.17, 15) is 9.90 Å². The molecule has 3 N–H and O–H groups in total. The summed E-state index contributed by atoms with van der Waals surface area (Å²) >= 11 is 6.04. The van der Waals surface area contributed by atoms with Crippen LogP contribution >= 0.6 is 24.0 Å². The molecule has 0 saturated carbocycles. The second kappa shape index (κ2) is 10.1. The van der Waals surface area contributed by atoms with E-state index < -0.39 is 6.10 Å². The maximum atomic E-state index is 12.0. The van der Waals surface area contributed by atoms with E-state index in [4.69, 9.17) is 11.6 Å². The summed E-state index contributed by atoms with van der Waals surface area (Å²) in [6, 6.07) is 7.15. The van der Waals surface area contributed by atoms with Gasteiger partial charge < -0.3 is 15.7 Å². The van der Waals surface area contributed by atoms with E-state index >= 15 is 0 Å². The number of halogens is 2. The van der Waals surface area contributed by atoms with E-state index in [0.29, 0.717) is 28.8 Å². The number of nitrogens with one attached hydrogen (secondary N) is 2. The Balaban J connectivity index is 0.00000264. The van der Waals surface area contributed by atoms with Crippen LogP contribution in [0, 0.1) is 11.8 Å². The Labute approximate surface area is 149 Å². The van der Waals surface area contributed by atoms with Gasteiger partial charge in [0, 0.05) is 23.6 Å². The molecule has 0 aromatic heterocycles. The van der Waals surface area contributed by atoms with Crippen molar-refractivity contribution >= 4 is 29.9 Å². The van der Waals surface area contributed by atoms with Gasteiger partial charge in [0.25, 0.3) is 0 Å². The highest BCUT2D eigenvalue weighted by Gasteiger charge is 2.22. The lowest BCUT2D eigenvalue weighted by molar-refractivity contribution is -0.122. The molecule has 4 nitrogen and oxygen atoms in total. The van der Waals surface area contributed by atoms with Crippen LogP contribution in [0.1, 0.15) is 37.9 Å². The fraction of sp³-hybridized carbons (Fsp3) is 0.588. The summed E-state index contributed by atoms with van der Waals surface area (Å²) in [5, 5.41) is 16.8. The molecule has 1 aliphatic heterocycles. The Morgan fingerprint density at radius 2 is 2.22 bits per heavy atom. The summed E-state index contributed by atoms with van der Waals surface area (Å²) in [4.78, 5) is 12.0. The summed E-state index contributed by atoms with van der Waals surface area (Å²) in [7, 11) is 0. The average Bonchev–Trinajstić information content (AvgIpc) is 2.54. The van der Waals surface area contributed by atoms with Crippen molar-refractivity contribution in [1.29, 1.82) is 0 Å². The largest absolute Gasteiger partial charge is 0.387 e. The van der Waals surface area contributed by atoms with Crippen molar-refractivity contribution < 1.29 is 9.90 Å². The predicted octanol–water partition coefficient (Wildman–Crippen LogP) is 2.94. The summed E-state index contributed by atoms with van der Waals surface area (Å²) < 4.78 is 0. The van der Waals surface area contributed by atoms with E-state index in [1.807, 2.05) is 12.1 Å². The number of carbonyl (C=O) groups is 1. The van der Waals surface area contributed by atoms with Crippen LogP contribution in [0.4, 0.5) is 0 Å². The molecule has 1 aromatic carbocycles. The second-order valence-electron chi connectivity index (χ2n) is 6.13. The van der Waals surface area contributed by atoms with Gasteiger partial charge in [-0.25, -0.2) is 0 Å². The molecular formula is C17H26Cl2N2O2. The zero-order valence-corrected chi connectivity index (χ0v) is 15.0. The minimum Gasteiger partial charge on any atom is -0.387 e. The lowest BCUT2D eigenvalue weighted by Crippen LogP contribution is -2.36. The molecule has 0 bridgehead atoms. The minimum atomic E-state index is -0.774. The normalized spacial score (nSPS) is 20.2. The molecule has 1 aromatic rings. The first kappa shape index (κ1) is 20.2. The van der Waals surface area contributed by atoms with Crippen molar-refractivity contribution in [3.05, 3.63) is 34.9 Å². The molecule has 3 atom stereocenters. The molecule has 1 aliphatic rings. The number of carbonyl (C=O) groups excluding carboxylic acids is 1. The molecular weight excluding hydrogens is 335 g/mol. The number of amides is 1. The third-order valence-corrected chi connectivity index (χ3v) is 4.75. The zero-order valence-electron chi connectivity index (χ0n) is 13.4. The van der Waals surface area contributed by atoms with Gasteiger partial charge in [-0.05, 0) is 43.8 Å². The fourth-order valence-electron chi connectivity index (χ4n) is 2.96. The van der Waals surface area contributed by atoms with Crippen LogP contribution < -0.4 is 10.6 Å². The third kappa shape index (κ3) is 6.30. The number of aliphatic hydroxyl groups is 1. The molecule has 2 rings (SSSR count). The van der Waals surface area contributed by atoms with Crippen LogP contribution in [-0.2, 0) is 4.79 Å². The first-order valence-electron chi connectivity index (χ1n) is 7.98. The number of hydrogen-bond donors (Lipinski definition) is 3. The molecule has 1 fully saturated rings. The lowest BCUT2D eigenvalue weighted by Gasteiger charge is -2.28. The SMILES string of the molecule is CC(CC(=O)NCC(O)c1ccccc1Cl)C1CCCNC1.Cl. The summed E-state index contributed by atoms with van der Waals surface area (Å²) in [5.41, 5.74) is 0.647. The van der Waals surface area contributed by atoms with Gasteiger partial charge in [-0.2, -0.15) is 0 Å². The Hall–Kier alpha value is -0.810. The van der Waals surface area contributed by atoms with Crippen LogP contribution in [0.3, 0.4) is 0 Å². The van der Waals surface area contributed by atoms with Gasteiger partial charge in [0.05, 0.1) is 6.10 Å². The van der Waals surface area contributed by atoms with Crippen molar-refractivity contribution in [2.24, 2.45) is 11.8 Å². The molecule has 0 radical (unpaired) electrons. The van der Waals surface area contributed by atoms with Crippen molar-refractivity contribution in [3.63, 3.8) is 0 Å². The Kier molecular flexibility index (Phi) is 8.92. The number of rotatable bonds is 6. The first-order valence-corrected chi connectivity index (χ1v) is 8.35. The van der Waals surface area contributed by atoms with E-state index in [1.165, 1.54) is 12.8 Å². The maximum absolute atomic E-state index is 12.0. The molecule has 6 heteroatoms. The third-order valence-electron chi connectivity index (χ3n) is 4.40. The van der Waals surface area contributed by atoms with E-state index in [0.717, 1.165) is 13.1 Å². The smallest absolute Gasteiger partial charge is 0.220 e. The molecule has 0 spiro atoms. The number of aliphatic hydroxyl groups excluding tert-OH is 1. The lowest BCUT2D eigenvalue weighted by atomic mass is 9.85. The van der Waals surface area contributed by atoms with Crippen LogP contribution in [-0.4, -0.2) is 30.6 Å². The van der Waals surface area contributed by atoms with Crippen molar-refractivity contribution in [3.8, 4) is 0 Å². The molecule has 1 saturated heterocycles. The highest BCUT2D eigenvalue weighted by atomic mass is 35.5. The van der Waals surface area contributed by atoms with E-state index in [-0.39, 0.29) is 24.9 Å². The molecule has 23 heavy (non-hydrogen) atoms. The van der Waals surface area contributed by atoms with Crippen LogP contribution in [0.25, 0.3) is 0 Å². The first-order chi connectivity index (χ1) is 10.6. The molecule has 3 unspecified atom stereocenters. The Morgan fingerprint density at radius 1 is 1.48 bits per heavy atom. The molecule has 1 amide bonds. The van der Waals surface area contributed by atoms with Crippen molar-refractivity contribution in [1.82, 2.24) is 10.6 Å². The minimum absolute atomic E-state index is 0. The van der Waals surface area contributed by atoms with Crippen LogP contribution in [0.5, 0.6) is 0 Å². The second-order valence-corrected chi connectivity index (χ2v) is 6.54. The summed E-state index contributed by atoms with van der Waals surface area (Å²) in [5.74, 6) is 0.905. The topological polar surface area (TPSA) is 61.4 Å². The van der Waals surface area contributed by atoms with Gasteiger partial charge in [0.2, 0.25) is 5.91 Å². The van der Waals surface area contributed by atoms with Gasteiger partial charge in [-0.1, -0.05) is 36.7 Å². The van der Waals surface area contributed by atoms with E-state index in [2.05, 4.69) is 17.6 Å². The van der Waals surface area contributed by atoms with Gasteiger partial charge in [-0.15, -0.1) is 12.4 Å². The Morgan fingerprint density at radius 3 is 2.87 bits per heavy atom. The number of hydrogen-bond acceptors (Lipinski definition) is 3. The summed E-state index contributed by atoms with van der Waals surface area (Å²) in [6.45, 7) is 4.40. The van der Waals surface area contributed by atoms with Crippen molar-refractivity contribution in [2.75, 3.05) is 19.6 Å².